The smallest absolute Gasteiger partial charge is 0.306 e. The molecule has 0 radical (unpaired) electrons. The van der Waals surface area contributed by atoms with Gasteiger partial charge in [-0.15, -0.1) is 0 Å². The van der Waals surface area contributed by atoms with Crippen LogP contribution in [-0.2, 0) is 16.5 Å². The van der Waals surface area contributed by atoms with E-state index in [0.29, 0.717) is 39.7 Å². The molecular formula is C21H23N5O3S2. The highest BCUT2D eigenvalue weighted by Gasteiger charge is 2.24. The maximum Gasteiger partial charge on any atom is 0.306 e. The molecule has 0 fully saturated rings. The van der Waals surface area contributed by atoms with Gasteiger partial charge >= 0.3 is 10.1 Å². The summed E-state index contributed by atoms with van der Waals surface area (Å²) in [6, 6.07) is 10.7. The Bertz CT molecular complexity index is 1180. The third-order valence-corrected chi connectivity index (χ3v) is 6.07. The lowest BCUT2D eigenvalue weighted by molar-refractivity contribution is 0.493. The maximum atomic E-state index is 11.3. The van der Waals surface area contributed by atoms with E-state index >= 15 is 0 Å². The number of pyridine rings is 1. The predicted molar refractivity (Wildman–Crippen MR) is 121 cm³/mol. The molecule has 0 saturated carbocycles. The fourth-order valence-corrected chi connectivity index (χ4v) is 4.49. The van der Waals surface area contributed by atoms with E-state index in [1.165, 1.54) is 23.9 Å². The molecule has 2 N–H and O–H groups in total. The molecule has 0 saturated heterocycles. The van der Waals surface area contributed by atoms with E-state index in [4.69, 9.17) is 9.92 Å². The molecule has 0 amide bonds. The van der Waals surface area contributed by atoms with Crippen molar-refractivity contribution in [1.82, 2.24) is 4.98 Å². The molecule has 0 aliphatic carbocycles. The average Bonchev–Trinajstić information content (AvgIpc) is 2.69. The van der Waals surface area contributed by atoms with Crippen molar-refractivity contribution in [3.63, 3.8) is 0 Å². The maximum absolute atomic E-state index is 11.3. The molecule has 0 spiro atoms. The van der Waals surface area contributed by atoms with Crippen LogP contribution in [0, 0.1) is 22.7 Å². The number of nitriles is 2. The summed E-state index contributed by atoms with van der Waals surface area (Å²) in [4.78, 5) is 6.31. The van der Waals surface area contributed by atoms with Crippen LogP contribution < -0.4 is 14.8 Å². The fourth-order valence-electron chi connectivity index (χ4n) is 2.93. The summed E-state index contributed by atoms with van der Waals surface area (Å²) < 4.78 is 27.5. The van der Waals surface area contributed by atoms with Gasteiger partial charge in [0.1, 0.15) is 28.7 Å². The van der Waals surface area contributed by atoms with Crippen molar-refractivity contribution in [2.24, 2.45) is 5.73 Å². The van der Waals surface area contributed by atoms with E-state index in [0.717, 1.165) is 11.8 Å². The highest BCUT2D eigenvalue weighted by Crippen LogP contribution is 2.41. The average molecular weight is 458 g/mol. The summed E-state index contributed by atoms with van der Waals surface area (Å²) in [6.07, 6.45) is 1.46. The van der Waals surface area contributed by atoms with Gasteiger partial charge in [-0.1, -0.05) is 37.4 Å². The van der Waals surface area contributed by atoms with Gasteiger partial charge in [0.2, 0.25) is 0 Å². The lowest BCUT2D eigenvalue weighted by Crippen LogP contribution is -2.16. The summed E-state index contributed by atoms with van der Waals surface area (Å²) in [5, 5.41) is 19.4. The molecular weight excluding hydrogens is 434 g/mol. The standard InChI is InChI=1S/C21H23N5O3S2/c1-6-16-17(11-22)20(26(3)4)25-21(18(16)12-23)30-19(13(2)24)14-7-9-15(10-8-14)29-31(5,27)28/h7-10,19H,2,6,24H2,1,3-5H3/t19-/m0/s1. The van der Waals surface area contributed by atoms with Gasteiger partial charge in [0, 0.05) is 19.8 Å². The topological polar surface area (TPSA) is 133 Å². The minimum Gasteiger partial charge on any atom is -0.401 e. The van der Waals surface area contributed by atoms with Crippen LogP contribution in [0.5, 0.6) is 5.75 Å². The lowest BCUT2D eigenvalue weighted by atomic mass is 10.0. The highest BCUT2D eigenvalue weighted by molar-refractivity contribution is 7.99. The second kappa shape index (κ2) is 9.73. The zero-order valence-electron chi connectivity index (χ0n) is 17.7. The first-order valence-electron chi connectivity index (χ1n) is 9.17. The van der Waals surface area contributed by atoms with Crippen molar-refractivity contribution in [3.05, 3.63) is 58.8 Å². The molecule has 0 bridgehead atoms. The van der Waals surface area contributed by atoms with E-state index in [9.17, 15) is 18.9 Å². The van der Waals surface area contributed by atoms with Crippen LogP contribution in [0.15, 0.2) is 41.6 Å². The van der Waals surface area contributed by atoms with Gasteiger partial charge in [0.05, 0.1) is 22.6 Å². The van der Waals surface area contributed by atoms with Crippen molar-refractivity contribution in [2.45, 2.75) is 23.6 Å². The Balaban J connectivity index is 2.55. The van der Waals surface area contributed by atoms with Gasteiger partial charge < -0.3 is 14.8 Å². The molecule has 8 nitrogen and oxygen atoms in total. The molecule has 1 aromatic heterocycles. The Kier molecular flexibility index (Phi) is 7.55. The van der Waals surface area contributed by atoms with E-state index in [1.807, 2.05) is 6.92 Å². The van der Waals surface area contributed by atoms with Gasteiger partial charge in [-0.3, -0.25) is 0 Å². The molecule has 1 heterocycles. The summed E-state index contributed by atoms with van der Waals surface area (Å²) in [6.45, 7) is 5.74. The minimum absolute atomic E-state index is 0.176. The molecule has 2 aromatic rings. The molecule has 1 aromatic carbocycles. The van der Waals surface area contributed by atoms with Gasteiger partial charge in [-0.25, -0.2) is 4.98 Å². The molecule has 31 heavy (non-hydrogen) atoms. The van der Waals surface area contributed by atoms with Gasteiger partial charge in [-0.2, -0.15) is 18.9 Å². The number of aromatic nitrogens is 1. The second-order valence-corrected chi connectivity index (χ2v) is 9.54. The fraction of sp³-hybridized carbons (Fsp3) is 0.286. The molecule has 10 heteroatoms. The lowest BCUT2D eigenvalue weighted by Gasteiger charge is -2.21. The molecule has 2 rings (SSSR count). The SMILES string of the molecule is C=C(N)[C@H](Sc1nc(N(C)C)c(C#N)c(CC)c1C#N)c1ccc(OS(C)(=O)=O)cc1. The molecule has 0 unspecified atom stereocenters. The zero-order valence-corrected chi connectivity index (χ0v) is 19.3. The highest BCUT2D eigenvalue weighted by atomic mass is 32.2. The number of rotatable bonds is 8. The van der Waals surface area contributed by atoms with Crippen LogP contribution in [0.2, 0.25) is 0 Å². The predicted octanol–water partition coefficient (Wildman–Crippen LogP) is 3.10. The van der Waals surface area contributed by atoms with E-state index in [2.05, 4.69) is 23.7 Å². The van der Waals surface area contributed by atoms with Gasteiger partial charge in [0.15, 0.2) is 0 Å². The summed E-state index contributed by atoms with van der Waals surface area (Å²) in [7, 11) is -0.0745. The second-order valence-electron chi connectivity index (χ2n) is 6.87. The van der Waals surface area contributed by atoms with Crippen LogP contribution in [-0.4, -0.2) is 33.8 Å². The van der Waals surface area contributed by atoms with E-state index in [-0.39, 0.29) is 5.75 Å². The summed E-state index contributed by atoms with van der Waals surface area (Å²) in [5.41, 5.74) is 8.46. The molecule has 0 aliphatic heterocycles. The van der Waals surface area contributed by atoms with Crippen LogP contribution in [0.1, 0.15) is 34.4 Å². The van der Waals surface area contributed by atoms with Crippen LogP contribution in [0.3, 0.4) is 0 Å². The number of benzene rings is 1. The van der Waals surface area contributed by atoms with Crippen molar-refractivity contribution >= 4 is 27.7 Å². The third-order valence-electron chi connectivity index (χ3n) is 4.25. The van der Waals surface area contributed by atoms with Crippen LogP contribution in [0.4, 0.5) is 5.82 Å². The van der Waals surface area contributed by atoms with Crippen molar-refractivity contribution in [2.75, 3.05) is 25.3 Å². The first-order valence-corrected chi connectivity index (χ1v) is 11.9. The summed E-state index contributed by atoms with van der Waals surface area (Å²) >= 11 is 1.25. The quantitative estimate of drug-likeness (QED) is 0.469. The minimum atomic E-state index is -3.64. The Hall–Kier alpha value is -3.21. The van der Waals surface area contributed by atoms with E-state index in [1.54, 1.807) is 31.1 Å². The number of nitrogens with zero attached hydrogens (tertiary/aromatic N) is 4. The van der Waals surface area contributed by atoms with Crippen LogP contribution in [0.25, 0.3) is 0 Å². The molecule has 0 aliphatic rings. The molecule has 1 atom stereocenters. The Labute approximate surface area is 187 Å². The largest absolute Gasteiger partial charge is 0.401 e. The molecule has 162 valence electrons. The Morgan fingerprint density at radius 2 is 1.84 bits per heavy atom. The number of thioether (sulfide) groups is 1. The normalized spacial score (nSPS) is 11.8. The Morgan fingerprint density at radius 3 is 2.26 bits per heavy atom. The zero-order chi connectivity index (χ0) is 23.3. The monoisotopic (exact) mass is 457 g/mol. The van der Waals surface area contributed by atoms with E-state index < -0.39 is 15.4 Å². The number of nitrogens with two attached hydrogens (primary N) is 1. The Morgan fingerprint density at radius 1 is 1.26 bits per heavy atom. The number of hydrogen-bond acceptors (Lipinski definition) is 9. The van der Waals surface area contributed by atoms with Crippen molar-refractivity contribution < 1.29 is 12.6 Å². The third kappa shape index (κ3) is 5.69. The van der Waals surface area contributed by atoms with Gasteiger partial charge in [0.25, 0.3) is 0 Å². The number of hydrogen-bond donors (Lipinski definition) is 1. The van der Waals surface area contributed by atoms with Crippen molar-refractivity contribution in [3.8, 4) is 17.9 Å². The summed E-state index contributed by atoms with van der Waals surface area (Å²) in [5.74, 6) is 0.647. The van der Waals surface area contributed by atoms with Gasteiger partial charge in [-0.05, 0) is 29.7 Å². The van der Waals surface area contributed by atoms with Crippen LogP contribution >= 0.6 is 11.8 Å². The van der Waals surface area contributed by atoms with Crippen molar-refractivity contribution in [1.29, 1.82) is 10.5 Å². The first kappa shape index (κ1) is 24.1. The number of anilines is 1. The first-order chi connectivity index (χ1) is 14.5.